The van der Waals surface area contributed by atoms with Gasteiger partial charge < -0.3 is 10.0 Å². The van der Waals surface area contributed by atoms with Gasteiger partial charge in [0.1, 0.15) is 0 Å². The van der Waals surface area contributed by atoms with Crippen molar-refractivity contribution in [2.24, 2.45) is 0 Å². The van der Waals surface area contributed by atoms with Crippen molar-refractivity contribution in [3.63, 3.8) is 0 Å². The summed E-state index contributed by atoms with van der Waals surface area (Å²) in [4.78, 5) is 4.56. The molecule has 1 saturated heterocycles. The van der Waals surface area contributed by atoms with Crippen molar-refractivity contribution < 1.29 is 5.11 Å². The van der Waals surface area contributed by atoms with Gasteiger partial charge in [0.05, 0.1) is 6.10 Å². The molecule has 0 radical (unpaired) electrons. The number of fused-ring (bicyclic) bond motifs is 1. The Morgan fingerprint density at radius 1 is 1.16 bits per heavy atom. The van der Waals surface area contributed by atoms with Gasteiger partial charge in [-0.05, 0) is 35.0 Å². The van der Waals surface area contributed by atoms with E-state index in [0.717, 1.165) is 31.0 Å². The summed E-state index contributed by atoms with van der Waals surface area (Å²) >= 11 is 0. The van der Waals surface area contributed by atoms with Crippen molar-refractivity contribution in [2.75, 3.05) is 31.1 Å². The molecule has 25 heavy (non-hydrogen) atoms. The maximum absolute atomic E-state index is 10.5. The molecule has 3 aromatic rings. The summed E-state index contributed by atoms with van der Waals surface area (Å²) in [7, 11) is 0. The first-order valence-corrected chi connectivity index (χ1v) is 8.48. The summed E-state index contributed by atoms with van der Waals surface area (Å²) in [6.07, 6.45) is -0.467. The number of anilines is 1. The van der Waals surface area contributed by atoms with Crippen LogP contribution in [-0.2, 0) is 0 Å². The molecule has 0 aliphatic carbocycles. The molecule has 1 aliphatic rings. The summed E-state index contributed by atoms with van der Waals surface area (Å²) in [6.45, 7) is 5.40. The van der Waals surface area contributed by atoms with Gasteiger partial charge in [-0.25, -0.2) is 0 Å². The molecule has 1 aliphatic heterocycles. The highest BCUT2D eigenvalue weighted by atomic mass is 16.3. The number of nitrogens with zero attached hydrogens (tertiary/aromatic N) is 7. The number of aromatic nitrogens is 5. The molecule has 3 heterocycles. The largest absolute Gasteiger partial charge is 0.387 e. The standard InChI is InChI=1S/C17H21N7O/c1-13-11-23(17-8-7-16-18-20-21-24(16)19-17)10-9-22(13)12-15(25)14-5-3-2-4-6-14/h2-8,13,15,25H,9-12H2,1H3. The fourth-order valence-corrected chi connectivity index (χ4v) is 3.29. The quantitative estimate of drug-likeness (QED) is 0.751. The molecular weight excluding hydrogens is 318 g/mol. The zero-order valence-corrected chi connectivity index (χ0v) is 14.1. The lowest BCUT2D eigenvalue weighted by molar-refractivity contribution is 0.0848. The molecule has 1 N–H and O–H groups in total. The molecule has 8 heteroatoms. The molecule has 2 unspecified atom stereocenters. The summed E-state index contributed by atoms with van der Waals surface area (Å²) in [5, 5.41) is 26.3. The van der Waals surface area contributed by atoms with Crippen LogP contribution in [0.1, 0.15) is 18.6 Å². The first-order chi connectivity index (χ1) is 12.2. The van der Waals surface area contributed by atoms with Crippen molar-refractivity contribution in [1.82, 2.24) is 30.2 Å². The number of benzene rings is 1. The summed E-state index contributed by atoms with van der Waals surface area (Å²) in [5.41, 5.74) is 1.60. The normalized spacial score (nSPS) is 20.1. The van der Waals surface area contributed by atoms with E-state index in [4.69, 9.17) is 0 Å². The average molecular weight is 339 g/mol. The number of aliphatic hydroxyl groups excluding tert-OH is 1. The van der Waals surface area contributed by atoms with E-state index in [1.165, 1.54) is 4.63 Å². The zero-order chi connectivity index (χ0) is 17.2. The van der Waals surface area contributed by atoms with Crippen LogP contribution in [0.3, 0.4) is 0 Å². The molecule has 130 valence electrons. The molecule has 0 amide bonds. The van der Waals surface area contributed by atoms with Crippen LogP contribution < -0.4 is 4.90 Å². The maximum Gasteiger partial charge on any atom is 0.200 e. The minimum Gasteiger partial charge on any atom is -0.387 e. The van der Waals surface area contributed by atoms with E-state index in [-0.39, 0.29) is 0 Å². The minimum atomic E-state index is -0.467. The van der Waals surface area contributed by atoms with Gasteiger partial charge >= 0.3 is 0 Å². The third kappa shape index (κ3) is 3.31. The van der Waals surface area contributed by atoms with E-state index >= 15 is 0 Å². The van der Waals surface area contributed by atoms with E-state index < -0.39 is 6.10 Å². The Kier molecular flexibility index (Phi) is 4.29. The van der Waals surface area contributed by atoms with Crippen LogP contribution in [0, 0.1) is 0 Å². The first-order valence-electron chi connectivity index (χ1n) is 8.48. The molecule has 0 bridgehead atoms. The highest BCUT2D eigenvalue weighted by molar-refractivity contribution is 5.44. The number of rotatable bonds is 4. The predicted octanol–water partition coefficient (Wildman–Crippen LogP) is 0.763. The van der Waals surface area contributed by atoms with Crippen molar-refractivity contribution in [2.45, 2.75) is 19.1 Å². The lowest BCUT2D eigenvalue weighted by atomic mass is 10.1. The molecule has 1 fully saturated rings. The van der Waals surface area contributed by atoms with Crippen molar-refractivity contribution in [3.8, 4) is 0 Å². The number of β-amino-alcohol motifs (C(OH)–C–C–N with tert-alkyl or cyclic N) is 1. The lowest BCUT2D eigenvalue weighted by Crippen LogP contribution is -2.53. The maximum atomic E-state index is 10.5. The fourth-order valence-electron chi connectivity index (χ4n) is 3.29. The predicted molar refractivity (Wildman–Crippen MR) is 93.2 cm³/mol. The van der Waals surface area contributed by atoms with Crippen molar-refractivity contribution >= 4 is 11.5 Å². The molecule has 2 aromatic heterocycles. The molecule has 8 nitrogen and oxygen atoms in total. The Bertz CT molecular complexity index is 837. The second kappa shape index (κ2) is 6.73. The van der Waals surface area contributed by atoms with Gasteiger partial charge in [0.25, 0.3) is 0 Å². The van der Waals surface area contributed by atoms with Gasteiger partial charge in [0.15, 0.2) is 11.5 Å². The highest BCUT2D eigenvalue weighted by Gasteiger charge is 2.26. The van der Waals surface area contributed by atoms with Gasteiger partial charge in [0, 0.05) is 32.2 Å². The first kappa shape index (κ1) is 15.9. The van der Waals surface area contributed by atoms with Crippen LogP contribution in [0.2, 0.25) is 0 Å². The number of aliphatic hydroxyl groups is 1. The van der Waals surface area contributed by atoms with Crippen LogP contribution in [0.4, 0.5) is 5.82 Å². The van der Waals surface area contributed by atoms with Crippen LogP contribution >= 0.6 is 0 Å². The highest BCUT2D eigenvalue weighted by Crippen LogP contribution is 2.20. The van der Waals surface area contributed by atoms with E-state index in [2.05, 4.69) is 37.3 Å². The Morgan fingerprint density at radius 2 is 2.00 bits per heavy atom. The minimum absolute atomic E-state index is 0.318. The lowest BCUT2D eigenvalue weighted by Gasteiger charge is -2.41. The molecular formula is C17H21N7O. The van der Waals surface area contributed by atoms with Crippen molar-refractivity contribution in [3.05, 3.63) is 48.0 Å². The molecule has 0 spiro atoms. The van der Waals surface area contributed by atoms with Crippen molar-refractivity contribution in [1.29, 1.82) is 0 Å². The summed E-state index contributed by atoms with van der Waals surface area (Å²) in [6, 6.07) is 14.0. The summed E-state index contributed by atoms with van der Waals surface area (Å²) < 4.78 is 1.45. The smallest absolute Gasteiger partial charge is 0.200 e. The molecule has 4 rings (SSSR count). The van der Waals surface area contributed by atoms with Crippen LogP contribution in [-0.4, -0.2) is 67.5 Å². The van der Waals surface area contributed by atoms with Gasteiger partial charge in [-0.15, -0.1) is 14.8 Å². The van der Waals surface area contributed by atoms with E-state index in [9.17, 15) is 5.11 Å². The van der Waals surface area contributed by atoms with Crippen LogP contribution in [0.5, 0.6) is 0 Å². The monoisotopic (exact) mass is 339 g/mol. The third-order valence-electron chi connectivity index (χ3n) is 4.74. The van der Waals surface area contributed by atoms with Gasteiger partial charge in [-0.1, -0.05) is 30.3 Å². The number of tetrazole rings is 1. The average Bonchev–Trinajstić information content (AvgIpc) is 3.12. The van der Waals surface area contributed by atoms with Gasteiger partial charge in [-0.2, -0.15) is 0 Å². The molecule has 2 atom stereocenters. The topological polar surface area (TPSA) is 82.7 Å². The SMILES string of the molecule is CC1CN(c2ccc3nnnn3n2)CCN1CC(O)c1ccccc1. The second-order valence-corrected chi connectivity index (χ2v) is 6.43. The van der Waals surface area contributed by atoms with Crippen LogP contribution in [0.15, 0.2) is 42.5 Å². The van der Waals surface area contributed by atoms with Gasteiger partial charge in [0.2, 0.25) is 0 Å². The Morgan fingerprint density at radius 3 is 2.80 bits per heavy atom. The fraction of sp³-hybridized carbons (Fsp3) is 0.412. The van der Waals surface area contributed by atoms with Gasteiger partial charge in [-0.3, -0.25) is 4.90 Å². The van der Waals surface area contributed by atoms with E-state index in [1.54, 1.807) is 0 Å². The Labute approximate surface area is 145 Å². The molecule has 1 aromatic carbocycles. The van der Waals surface area contributed by atoms with E-state index in [1.807, 2.05) is 42.5 Å². The second-order valence-electron chi connectivity index (χ2n) is 6.43. The summed E-state index contributed by atoms with van der Waals surface area (Å²) in [5.74, 6) is 0.870. The molecule has 0 saturated carbocycles. The Balaban J connectivity index is 1.41. The number of hydrogen-bond donors (Lipinski definition) is 1. The number of piperazine rings is 1. The number of hydrogen-bond acceptors (Lipinski definition) is 7. The Hall–Kier alpha value is -2.58. The van der Waals surface area contributed by atoms with E-state index in [0.29, 0.717) is 18.2 Å². The zero-order valence-electron chi connectivity index (χ0n) is 14.1. The third-order valence-corrected chi connectivity index (χ3v) is 4.74. The van der Waals surface area contributed by atoms with Crippen LogP contribution in [0.25, 0.3) is 5.65 Å².